The Morgan fingerprint density at radius 3 is 2.10 bits per heavy atom. The molecule has 39 heavy (non-hydrogen) atoms. The third kappa shape index (κ3) is 9.10. The molecular weight excluding hydrogens is 500 g/mol. The Kier molecular flexibility index (Phi) is 11.0. The summed E-state index contributed by atoms with van der Waals surface area (Å²) in [5.74, 6) is -2.12. The highest BCUT2D eigenvalue weighted by Crippen LogP contribution is 2.27. The van der Waals surface area contributed by atoms with Crippen molar-refractivity contribution < 1.29 is 29.0 Å². The number of aliphatic hydroxyl groups is 1. The van der Waals surface area contributed by atoms with Crippen LogP contribution in [0.1, 0.15) is 62.4 Å². The molecule has 0 aromatic heterocycles. The molecule has 0 spiro atoms. The van der Waals surface area contributed by atoms with Crippen molar-refractivity contribution in [1.82, 2.24) is 10.2 Å². The molecule has 2 unspecified atom stereocenters. The van der Waals surface area contributed by atoms with Crippen LogP contribution >= 0.6 is 0 Å². The van der Waals surface area contributed by atoms with Crippen molar-refractivity contribution in [1.29, 1.82) is 0 Å². The largest absolute Gasteiger partial charge is 0.444 e. The molecule has 2 aromatic rings. The quantitative estimate of drug-likeness (QED) is 0.344. The fourth-order valence-electron chi connectivity index (χ4n) is 4.14. The highest BCUT2D eigenvalue weighted by molar-refractivity contribution is 6.00. The van der Waals surface area contributed by atoms with Gasteiger partial charge in [-0.1, -0.05) is 49.4 Å². The molecule has 2 rings (SSSR count). The van der Waals surface area contributed by atoms with Gasteiger partial charge in [-0.3, -0.25) is 14.4 Å². The molecule has 0 aliphatic carbocycles. The van der Waals surface area contributed by atoms with E-state index in [1.807, 2.05) is 51.1 Å². The first-order chi connectivity index (χ1) is 18.3. The first kappa shape index (κ1) is 31.3. The summed E-state index contributed by atoms with van der Waals surface area (Å²) >= 11 is 0. The molecule has 2 atom stereocenters. The average molecular weight is 541 g/mol. The molecule has 0 aliphatic rings. The number of carbonyl (C=O) groups excluding carboxylic acids is 4. The van der Waals surface area contributed by atoms with E-state index in [0.29, 0.717) is 11.3 Å². The van der Waals surface area contributed by atoms with Crippen LogP contribution in [-0.4, -0.2) is 58.6 Å². The minimum Gasteiger partial charge on any atom is -0.444 e. The van der Waals surface area contributed by atoms with E-state index in [-0.39, 0.29) is 6.54 Å². The van der Waals surface area contributed by atoms with Gasteiger partial charge in [0, 0.05) is 12.2 Å². The summed E-state index contributed by atoms with van der Waals surface area (Å²) in [4.78, 5) is 53.2. The Labute approximate surface area is 229 Å². The van der Waals surface area contributed by atoms with Crippen molar-refractivity contribution in [3.63, 3.8) is 0 Å². The molecule has 0 radical (unpaired) electrons. The van der Waals surface area contributed by atoms with E-state index in [1.54, 1.807) is 32.9 Å². The van der Waals surface area contributed by atoms with Crippen molar-refractivity contribution in [2.75, 3.05) is 18.5 Å². The van der Waals surface area contributed by atoms with E-state index in [9.17, 15) is 24.3 Å². The lowest BCUT2D eigenvalue weighted by atomic mass is 9.99. The molecule has 2 aromatic carbocycles. The van der Waals surface area contributed by atoms with E-state index < -0.39 is 54.5 Å². The Morgan fingerprint density at radius 1 is 1.03 bits per heavy atom. The number of hydrogen-bond acceptors (Lipinski definition) is 6. The van der Waals surface area contributed by atoms with Gasteiger partial charge in [-0.2, -0.15) is 0 Å². The molecule has 0 saturated heterocycles. The van der Waals surface area contributed by atoms with Crippen LogP contribution in [0, 0.1) is 13.8 Å². The maximum atomic E-state index is 13.9. The maximum Gasteiger partial charge on any atom is 0.408 e. The number of nitrogens with zero attached hydrogens (tertiary/aromatic N) is 1. The van der Waals surface area contributed by atoms with Crippen molar-refractivity contribution >= 4 is 29.5 Å². The molecule has 4 amide bonds. The molecule has 0 heterocycles. The molecular formula is C29H40N4O6. The van der Waals surface area contributed by atoms with Gasteiger partial charge in [-0.05, 0) is 63.3 Å². The van der Waals surface area contributed by atoms with Gasteiger partial charge in [-0.15, -0.1) is 0 Å². The van der Waals surface area contributed by atoms with Gasteiger partial charge in [0.15, 0.2) is 0 Å². The zero-order chi connectivity index (χ0) is 29.3. The number of nitrogens with one attached hydrogen (secondary N) is 2. The van der Waals surface area contributed by atoms with Crippen LogP contribution in [0.15, 0.2) is 42.5 Å². The summed E-state index contributed by atoms with van der Waals surface area (Å²) in [6.07, 6.45) is -0.672. The van der Waals surface area contributed by atoms with Crippen molar-refractivity contribution in [2.45, 2.75) is 72.1 Å². The first-order valence-corrected chi connectivity index (χ1v) is 12.9. The number of para-hydroxylation sites is 1. The van der Waals surface area contributed by atoms with Crippen molar-refractivity contribution in [3.05, 3.63) is 64.7 Å². The molecule has 10 heteroatoms. The van der Waals surface area contributed by atoms with Gasteiger partial charge in [0.2, 0.25) is 11.8 Å². The Hall–Kier alpha value is -3.92. The monoisotopic (exact) mass is 540 g/mol. The topological polar surface area (TPSA) is 151 Å². The lowest BCUT2D eigenvalue weighted by Gasteiger charge is -2.34. The van der Waals surface area contributed by atoms with Gasteiger partial charge < -0.3 is 31.1 Å². The van der Waals surface area contributed by atoms with Crippen LogP contribution in [0.25, 0.3) is 0 Å². The van der Waals surface area contributed by atoms with E-state index in [2.05, 4.69) is 10.6 Å². The number of alkyl carbamates (subject to hydrolysis) is 1. The van der Waals surface area contributed by atoms with E-state index in [1.165, 1.54) is 0 Å². The number of amides is 4. The normalized spacial score (nSPS) is 12.7. The first-order valence-electron chi connectivity index (χ1n) is 12.9. The summed E-state index contributed by atoms with van der Waals surface area (Å²) in [6.45, 7) is 9.97. The maximum absolute atomic E-state index is 13.9. The smallest absolute Gasteiger partial charge is 0.408 e. The fourth-order valence-corrected chi connectivity index (χ4v) is 4.14. The van der Waals surface area contributed by atoms with Crippen LogP contribution in [0.3, 0.4) is 0 Å². The van der Waals surface area contributed by atoms with Crippen LogP contribution in [-0.2, 0) is 25.5 Å². The highest BCUT2D eigenvalue weighted by Gasteiger charge is 2.37. The van der Waals surface area contributed by atoms with Gasteiger partial charge in [0.25, 0.3) is 5.91 Å². The number of aliphatic hydroxyl groups excluding tert-OH is 1. The second-order valence-electron chi connectivity index (χ2n) is 10.4. The number of primary amides is 1. The Bertz CT molecular complexity index is 1150. The van der Waals surface area contributed by atoms with E-state index >= 15 is 0 Å². The standard InChI is InChI=1S/C29H40N4O6/c1-7-20-11-13-21(14-12-20)25(26(36)32-24-18(2)9-8-10-19(24)3)33(15-16-34)27(37)22(17-23(30)35)31-28(38)39-29(4,5)6/h8-14,22,25,34H,7,15-17H2,1-6H3,(H2,30,35)(H,31,38)(H,32,36). The number of ether oxygens (including phenoxy) is 1. The second-order valence-corrected chi connectivity index (χ2v) is 10.4. The van der Waals surface area contributed by atoms with E-state index in [0.717, 1.165) is 28.0 Å². The fraction of sp³-hybridized carbons (Fsp3) is 0.448. The Morgan fingerprint density at radius 2 is 1.62 bits per heavy atom. The van der Waals surface area contributed by atoms with Gasteiger partial charge in [0.1, 0.15) is 17.7 Å². The molecule has 0 bridgehead atoms. The molecule has 212 valence electrons. The van der Waals surface area contributed by atoms with Crippen LogP contribution in [0.5, 0.6) is 0 Å². The number of benzene rings is 2. The number of rotatable bonds is 11. The summed E-state index contributed by atoms with van der Waals surface area (Å²) < 4.78 is 5.26. The average Bonchev–Trinajstić information content (AvgIpc) is 2.84. The minimum absolute atomic E-state index is 0.246. The molecule has 0 aliphatic heterocycles. The minimum atomic E-state index is -1.42. The third-order valence-electron chi connectivity index (χ3n) is 6.01. The lowest BCUT2D eigenvalue weighted by Crippen LogP contribution is -2.54. The molecule has 10 nitrogen and oxygen atoms in total. The zero-order valence-corrected chi connectivity index (χ0v) is 23.5. The lowest BCUT2D eigenvalue weighted by molar-refractivity contribution is -0.142. The predicted molar refractivity (Wildman–Crippen MR) is 149 cm³/mol. The number of nitrogens with two attached hydrogens (primary N) is 1. The van der Waals surface area contributed by atoms with Gasteiger partial charge >= 0.3 is 6.09 Å². The molecule has 5 N–H and O–H groups in total. The van der Waals surface area contributed by atoms with Crippen LogP contribution in [0.4, 0.5) is 10.5 Å². The molecule has 0 saturated carbocycles. The summed E-state index contributed by atoms with van der Waals surface area (Å²) in [5, 5.41) is 15.2. The zero-order valence-electron chi connectivity index (χ0n) is 23.5. The third-order valence-corrected chi connectivity index (χ3v) is 6.01. The van der Waals surface area contributed by atoms with Gasteiger partial charge in [-0.25, -0.2) is 4.79 Å². The van der Waals surface area contributed by atoms with E-state index in [4.69, 9.17) is 10.5 Å². The second kappa shape index (κ2) is 13.7. The number of carbonyl (C=O) groups is 4. The van der Waals surface area contributed by atoms with Gasteiger partial charge in [0.05, 0.1) is 13.0 Å². The van der Waals surface area contributed by atoms with Crippen molar-refractivity contribution in [3.8, 4) is 0 Å². The summed E-state index contributed by atoms with van der Waals surface area (Å²) in [5.41, 5.74) is 8.34. The number of aryl methyl sites for hydroxylation is 3. The van der Waals surface area contributed by atoms with Crippen LogP contribution in [0.2, 0.25) is 0 Å². The van der Waals surface area contributed by atoms with Crippen molar-refractivity contribution in [2.24, 2.45) is 5.73 Å². The Balaban J connectivity index is 2.55. The number of hydrogen-bond donors (Lipinski definition) is 4. The summed E-state index contributed by atoms with van der Waals surface area (Å²) in [6, 6.07) is 10.2. The van der Waals surface area contributed by atoms with Crippen LogP contribution < -0.4 is 16.4 Å². The molecule has 0 fully saturated rings. The predicted octanol–water partition coefficient (Wildman–Crippen LogP) is 3.14. The SMILES string of the molecule is CCc1ccc(C(C(=O)Nc2c(C)cccc2C)N(CCO)C(=O)C(CC(N)=O)NC(=O)OC(C)(C)C)cc1. The highest BCUT2D eigenvalue weighted by atomic mass is 16.6. The number of anilines is 1. The summed E-state index contributed by atoms with van der Waals surface area (Å²) in [7, 11) is 0.